The topological polar surface area (TPSA) is 48.9 Å². The maximum absolute atomic E-state index is 5.18. The molecule has 0 bridgehead atoms. The van der Waals surface area contributed by atoms with E-state index in [1.807, 2.05) is 19.2 Å². The van der Waals surface area contributed by atoms with Crippen LogP contribution in [0.25, 0.3) is 0 Å². The van der Waals surface area contributed by atoms with Gasteiger partial charge in [0.25, 0.3) is 0 Å². The van der Waals surface area contributed by atoms with Gasteiger partial charge in [-0.3, -0.25) is 4.99 Å². The molecule has 6 heteroatoms. The summed E-state index contributed by atoms with van der Waals surface area (Å²) in [5.74, 6) is 1.75. The smallest absolute Gasteiger partial charge is 0.191 e. The minimum Gasteiger partial charge on any atom is -0.497 e. The van der Waals surface area contributed by atoms with Crippen LogP contribution in [0.4, 0.5) is 0 Å². The number of guanidine groups is 1. The van der Waals surface area contributed by atoms with Crippen molar-refractivity contribution in [2.45, 2.75) is 45.1 Å². The molecule has 0 spiro atoms. The van der Waals surface area contributed by atoms with Crippen LogP contribution in [-0.4, -0.2) is 51.2 Å². The maximum Gasteiger partial charge on any atom is 0.191 e. The predicted octanol–water partition coefficient (Wildman–Crippen LogP) is 3.63. The van der Waals surface area contributed by atoms with Crippen LogP contribution in [0.15, 0.2) is 29.3 Å². The lowest BCUT2D eigenvalue weighted by atomic mass is 10.1. The van der Waals surface area contributed by atoms with Crippen LogP contribution in [-0.2, 0) is 6.54 Å². The number of methoxy groups -OCH3 is 1. The molecule has 1 heterocycles. The molecule has 0 saturated carbocycles. The Morgan fingerprint density at radius 3 is 2.42 bits per heavy atom. The van der Waals surface area contributed by atoms with Crippen LogP contribution in [0.1, 0.15) is 44.1 Å². The first-order chi connectivity index (χ1) is 12.3. The lowest BCUT2D eigenvalue weighted by Crippen LogP contribution is -2.37. The molecule has 1 aliphatic heterocycles. The highest BCUT2D eigenvalue weighted by Crippen LogP contribution is 2.11. The molecule has 0 aromatic heterocycles. The molecule has 2 N–H and O–H groups in total. The summed E-state index contributed by atoms with van der Waals surface area (Å²) in [6.45, 7) is 5.62. The second kappa shape index (κ2) is 14.1. The Bertz CT molecular complexity index is 501. The van der Waals surface area contributed by atoms with E-state index >= 15 is 0 Å². The zero-order valence-corrected chi connectivity index (χ0v) is 18.6. The molecule has 1 aromatic carbocycles. The van der Waals surface area contributed by atoms with Gasteiger partial charge in [-0.1, -0.05) is 25.0 Å². The van der Waals surface area contributed by atoms with Crippen molar-refractivity contribution in [1.82, 2.24) is 15.5 Å². The number of hydrogen-bond acceptors (Lipinski definition) is 3. The molecule has 148 valence electrons. The van der Waals surface area contributed by atoms with Gasteiger partial charge in [-0.15, -0.1) is 24.0 Å². The molecule has 1 aliphatic rings. The van der Waals surface area contributed by atoms with Gasteiger partial charge in [0, 0.05) is 20.1 Å². The summed E-state index contributed by atoms with van der Waals surface area (Å²) in [7, 11) is 3.51. The summed E-state index contributed by atoms with van der Waals surface area (Å²) in [5, 5.41) is 6.76. The quantitative estimate of drug-likeness (QED) is 0.249. The summed E-state index contributed by atoms with van der Waals surface area (Å²) < 4.78 is 5.18. The number of ether oxygens (including phenoxy) is 1. The van der Waals surface area contributed by atoms with Crippen LogP contribution < -0.4 is 15.4 Å². The molecule has 1 saturated heterocycles. The van der Waals surface area contributed by atoms with Gasteiger partial charge < -0.3 is 20.3 Å². The minimum atomic E-state index is 0. The van der Waals surface area contributed by atoms with Crippen LogP contribution in [0.3, 0.4) is 0 Å². The number of unbranched alkanes of at least 4 members (excludes halogenated alkanes) is 2. The summed E-state index contributed by atoms with van der Waals surface area (Å²) in [4.78, 5) is 6.91. The average Bonchev–Trinajstić information content (AvgIpc) is 2.68. The number of hydrogen-bond donors (Lipinski definition) is 2. The van der Waals surface area contributed by atoms with Gasteiger partial charge in [-0.25, -0.2) is 0 Å². The Kier molecular flexibility index (Phi) is 12.5. The Morgan fingerprint density at radius 1 is 1.04 bits per heavy atom. The van der Waals surface area contributed by atoms with Crippen LogP contribution in [0, 0.1) is 0 Å². The van der Waals surface area contributed by atoms with E-state index in [1.165, 1.54) is 63.7 Å². The third kappa shape index (κ3) is 9.07. The first-order valence-corrected chi connectivity index (χ1v) is 9.61. The summed E-state index contributed by atoms with van der Waals surface area (Å²) >= 11 is 0. The third-order valence-corrected chi connectivity index (χ3v) is 4.73. The van der Waals surface area contributed by atoms with E-state index in [0.29, 0.717) is 0 Å². The lowest BCUT2D eigenvalue weighted by molar-refractivity contribution is 0.224. The van der Waals surface area contributed by atoms with Crippen molar-refractivity contribution in [1.29, 1.82) is 0 Å². The zero-order chi connectivity index (χ0) is 17.7. The standard InChI is InChI=1S/C20H34N4O.HI/c1-21-20(23-17-18-9-11-19(25-2)12-10-18)22-13-5-3-6-14-24-15-7-4-8-16-24;/h9-12H,3-8,13-17H2,1-2H3,(H2,21,22,23);1H. The molecular weight excluding hydrogens is 439 g/mol. The average molecular weight is 474 g/mol. The van der Waals surface area contributed by atoms with Gasteiger partial charge >= 0.3 is 0 Å². The van der Waals surface area contributed by atoms with Gasteiger partial charge in [0.2, 0.25) is 0 Å². The van der Waals surface area contributed by atoms with Crippen molar-refractivity contribution in [2.75, 3.05) is 40.3 Å². The second-order valence-electron chi connectivity index (χ2n) is 6.66. The Hall–Kier alpha value is -1.02. The number of likely N-dealkylation sites (tertiary alicyclic amines) is 1. The lowest BCUT2D eigenvalue weighted by Gasteiger charge is -2.26. The molecular formula is C20H35IN4O. The number of rotatable bonds is 9. The highest BCUT2D eigenvalue weighted by Gasteiger charge is 2.08. The molecule has 0 atom stereocenters. The minimum absolute atomic E-state index is 0. The first kappa shape index (κ1) is 23.0. The van der Waals surface area contributed by atoms with Gasteiger partial charge in [0.1, 0.15) is 5.75 Å². The number of nitrogens with one attached hydrogen (secondary N) is 2. The Balaban J connectivity index is 0.00000338. The molecule has 26 heavy (non-hydrogen) atoms. The van der Waals surface area contributed by atoms with Crippen molar-refractivity contribution in [3.63, 3.8) is 0 Å². The van der Waals surface area contributed by atoms with Crippen LogP contribution in [0.2, 0.25) is 0 Å². The normalized spacial score (nSPS) is 15.2. The fourth-order valence-electron chi connectivity index (χ4n) is 3.18. The van der Waals surface area contributed by atoms with E-state index in [4.69, 9.17) is 4.74 Å². The molecule has 0 radical (unpaired) electrons. The van der Waals surface area contributed by atoms with Gasteiger partial charge in [0.15, 0.2) is 5.96 Å². The largest absolute Gasteiger partial charge is 0.497 e. The number of nitrogens with zero attached hydrogens (tertiary/aromatic N) is 2. The molecule has 0 aliphatic carbocycles. The highest BCUT2D eigenvalue weighted by molar-refractivity contribution is 14.0. The van der Waals surface area contributed by atoms with Crippen LogP contribution in [0.5, 0.6) is 5.75 Å². The van der Waals surface area contributed by atoms with Crippen LogP contribution >= 0.6 is 24.0 Å². The van der Waals surface area contributed by atoms with Crippen molar-refractivity contribution in [2.24, 2.45) is 4.99 Å². The van der Waals surface area contributed by atoms with E-state index in [2.05, 4.69) is 32.7 Å². The summed E-state index contributed by atoms with van der Waals surface area (Å²) in [6.07, 6.45) is 7.97. The Morgan fingerprint density at radius 2 is 1.77 bits per heavy atom. The fourth-order valence-corrected chi connectivity index (χ4v) is 3.18. The van der Waals surface area contributed by atoms with Gasteiger partial charge in [0.05, 0.1) is 7.11 Å². The SMILES string of the molecule is CN=C(NCCCCCN1CCCCC1)NCc1ccc(OC)cc1.I. The molecule has 0 amide bonds. The predicted molar refractivity (Wildman–Crippen MR) is 121 cm³/mol. The Labute approximate surface area is 176 Å². The molecule has 0 unspecified atom stereocenters. The summed E-state index contributed by atoms with van der Waals surface area (Å²) in [6, 6.07) is 8.10. The van der Waals surface area contributed by atoms with Crippen molar-refractivity contribution in [3.05, 3.63) is 29.8 Å². The van der Waals surface area contributed by atoms with Crippen molar-refractivity contribution < 1.29 is 4.74 Å². The van der Waals surface area contributed by atoms with Gasteiger partial charge in [-0.05, 0) is 63.0 Å². The molecule has 1 aromatic rings. The monoisotopic (exact) mass is 474 g/mol. The van der Waals surface area contributed by atoms with E-state index in [0.717, 1.165) is 24.8 Å². The van der Waals surface area contributed by atoms with E-state index in [9.17, 15) is 0 Å². The van der Waals surface area contributed by atoms with E-state index in [1.54, 1.807) is 7.11 Å². The van der Waals surface area contributed by atoms with Crippen molar-refractivity contribution >= 4 is 29.9 Å². The number of halogens is 1. The molecule has 2 rings (SSSR count). The van der Waals surface area contributed by atoms with E-state index in [-0.39, 0.29) is 24.0 Å². The second-order valence-corrected chi connectivity index (χ2v) is 6.66. The third-order valence-electron chi connectivity index (χ3n) is 4.73. The number of benzene rings is 1. The number of piperidine rings is 1. The first-order valence-electron chi connectivity index (χ1n) is 9.61. The fraction of sp³-hybridized carbons (Fsp3) is 0.650. The number of aliphatic imine (C=N–C) groups is 1. The summed E-state index contributed by atoms with van der Waals surface area (Å²) in [5.41, 5.74) is 1.21. The zero-order valence-electron chi connectivity index (χ0n) is 16.3. The molecule has 1 fully saturated rings. The van der Waals surface area contributed by atoms with E-state index < -0.39 is 0 Å². The van der Waals surface area contributed by atoms with Gasteiger partial charge in [-0.2, -0.15) is 0 Å². The maximum atomic E-state index is 5.18. The highest BCUT2D eigenvalue weighted by atomic mass is 127. The van der Waals surface area contributed by atoms with Crippen molar-refractivity contribution in [3.8, 4) is 5.75 Å². The molecule has 5 nitrogen and oxygen atoms in total.